The molecule has 6 heteroatoms. The lowest BCUT2D eigenvalue weighted by molar-refractivity contribution is 0.174. The second kappa shape index (κ2) is 5.16. The maximum atomic E-state index is 13.3. The third-order valence-corrected chi connectivity index (χ3v) is 2.73. The molecule has 0 saturated carbocycles. The Morgan fingerprint density at radius 1 is 1.05 bits per heavy atom. The molecular weight excluding hydrogens is 266 g/mol. The molecule has 1 heterocycles. The van der Waals surface area contributed by atoms with Crippen molar-refractivity contribution in [2.45, 2.75) is 0 Å². The summed E-state index contributed by atoms with van der Waals surface area (Å²) in [4.78, 5) is 0. The Labute approximate surface area is 113 Å². The normalized spacial score (nSPS) is 12.9. The molecule has 0 fully saturated rings. The zero-order valence-electron chi connectivity index (χ0n) is 10.3. The van der Waals surface area contributed by atoms with Gasteiger partial charge in [-0.05, 0) is 35.9 Å². The number of benzene rings is 2. The smallest absolute Gasteiger partial charge is 0.231 e. The van der Waals surface area contributed by atoms with E-state index < -0.39 is 11.6 Å². The average Bonchev–Trinajstić information content (AvgIpc) is 2.89. The number of halogens is 2. The minimum Gasteiger partial charge on any atom is -0.454 e. The molecule has 0 aromatic heterocycles. The van der Waals surface area contributed by atoms with Crippen molar-refractivity contribution in [3.63, 3.8) is 0 Å². The van der Waals surface area contributed by atoms with Gasteiger partial charge in [-0.25, -0.2) is 8.78 Å². The van der Waals surface area contributed by atoms with E-state index in [9.17, 15) is 8.78 Å². The van der Waals surface area contributed by atoms with Crippen LogP contribution in [0.2, 0.25) is 0 Å². The van der Waals surface area contributed by atoms with Crippen molar-refractivity contribution in [3.05, 3.63) is 53.6 Å². The van der Waals surface area contributed by atoms with E-state index in [1.165, 1.54) is 12.3 Å². The Balaban J connectivity index is 1.71. The van der Waals surface area contributed by atoms with Crippen LogP contribution in [-0.2, 0) is 0 Å². The number of rotatable bonds is 3. The topological polar surface area (TPSA) is 42.9 Å². The Kier molecular flexibility index (Phi) is 3.20. The molecule has 0 aliphatic carbocycles. The van der Waals surface area contributed by atoms with Crippen LogP contribution in [0, 0.1) is 11.6 Å². The van der Waals surface area contributed by atoms with Gasteiger partial charge in [0.05, 0.1) is 11.9 Å². The van der Waals surface area contributed by atoms with Crippen LogP contribution in [0.25, 0.3) is 0 Å². The quantitative estimate of drug-likeness (QED) is 0.691. The van der Waals surface area contributed by atoms with Gasteiger partial charge in [-0.2, -0.15) is 5.10 Å². The van der Waals surface area contributed by atoms with Crippen molar-refractivity contribution < 1.29 is 18.3 Å². The molecule has 0 bridgehead atoms. The summed E-state index contributed by atoms with van der Waals surface area (Å²) >= 11 is 0. The Hall–Kier alpha value is -2.63. The van der Waals surface area contributed by atoms with Gasteiger partial charge in [0, 0.05) is 6.07 Å². The van der Waals surface area contributed by atoms with Crippen molar-refractivity contribution in [1.82, 2.24) is 0 Å². The highest BCUT2D eigenvalue weighted by atomic mass is 19.1. The molecule has 2 aromatic carbocycles. The largest absolute Gasteiger partial charge is 0.454 e. The SMILES string of the molecule is Fc1ccc(N/N=C\c2ccc3c(c2)OCO3)c(F)c1. The highest BCUT2D eigenvalue weighted by Crippen LogP contribution is 2.31. The van der Waals surface area contributed by atoms with Gasteiger partial charge >= 0.3 is 0 Å². The molecule has 1 aliphatic rings. The van der Waals surface area contributed by atoms with Crippen LogP contribution in [0.15, 0.2) is 41.5 Å². The van der Waals surface area contributed by atoms with Crippen LogP contribution in [0.3, 0.4) is 0 Å². The number of hydrogen-bond donors (Lipinski definition) is 1. The van der Waals surface area contributed by atoms with Crippen LogP contribution in [0.4, 0.5) is 14.5 Å². The van der Waals surface area contributed by atoms with Gasteiger partial charge in [-0.15, -0.1) is 0 Å². The van der Waals surface area contributed by atoms with Gasteiger partial charge in [0.2, 0.25) is 6.79 Å². The average molecular weight is 276 g/mol. The first-order valence-corrected chi connectivity index (χ1v) is 5.86. The van der Waals surface area contributed by atoms with Gasteiger partial charge in [0.25, 0.3) is 0 Å². The fourth-order valence-electron chi connectivity index (χ4n) is 1.75. The van der Waals surface area contributed by atoms with E-state index in [0.717, 1.165) is 17.7 Å². The zero-order chi connectivity index (χ0) is 13.9. The third-order valence-electron chi connectivity index (χ3n) is 2.73. The lowest BCUT2D eigenvalue weighted by atomic mass is 10.2. The molecule has 102 valence electrons. The summed E-state index contributed by atoms with van der Waals surface area (Å²) in [5.74, 6) is -0.0118. The van der Waals surface area contributed by atoms with Gasteiger partial charge in [-0.3, -0.25) is 5.43 Å². The molecule has 1 aliphatic heterocycles. The first-order valence-electron chi connectivity index (χ1n) is 5.86. The third kappa shape index (κ3) is 2.54. The van der Waals surface area contributed by atoms with Crippen LogP contribution in [-0.4, -0.2) is 13.0 Å². The molecule has 0 saturated heterocycles. The first-order chi connectivity index (χ1) is 9.72. The number of hydrazone groups is 1. The molecule has 20 heavy (non-hydrogen) atoms. The second-order valence-electron chi connectivity index (χ2n) is 4.11. The van der Waals surface area contributed by atoms with Crippen LogP contribution >= 0.6 is 0 Å². The van der Waals surface area contributed by atoms with Gasteiger partial charge in [0.1, 0.15) is 5.82 Å². The number of ether oxygens (including phenoxy) is 2. The number of anilines is 1. The highest BCUT2D eigenvalue weighted by molar-refractivity contribution is 5.81. The molecule has 3 rings (SSSR count). The lowest BCUT2D eigenvalue weighted by Gasteiger charge is -2.02. The zero-order valence-corrected chi connectivity index (χ0v) is 10.3. The van der Waals surface area contributed by atoms with E-state index in [1.54, 1.807) is 18.2 Å². The van der Waals surface area contributed by atoms with E-state index in [0.29, 0.717) is 11.5 Å². The Bertz CT molecular complexity index is 674. The van der Waals surface area contributed by atoms with Gasteiger partial charge in [0.15, 0.2) is 17.3 Å². The summed E-state index contributed by atoms with van der Waals surface area (Å²) in [6, 6.07) is 8.54. The fraction of sp³-hybridized carbons (Fsp3) is 0.0714. The van der Waals surface area contributed by atoms with Crippen molar-refractivity contribution in [2.24, 2.45) is 5.10 Å². The number of nitrogens with zero attached hydrogens (tertiary/aromatic N) is 1. The summed E-state index contributed by atoms with van der Waals surface area (Å²) in [5.41, 5.74) is 3.38. The van der Waals surface area contributed by atoms with E-state index >= 15 is 0 Å². The van der Waals surface area contributed by atoms with Crippen molar-refractivity contribution >= 4 is 11.9 Å². The number of hydrogen-bond acceptors (Lipinski definition) is 4. The standard InChI is InChI=1S/C14H10F2N2O2/c15-10-2-3-12(11(16)6-10)18-17-7-9-1-4-13-14(5-9)20-8-19-13/h1-7,18H,8H2/b17-7-. The minimum absolute atomic E-state index is 0.100. The van der Waals surface area contributed by atoms with Crippen LogP contribution in [0.1, 0.15) is 5.56 Å². The van der Waals surface area contributed by atoms with E-state index in [2.05, 4.69) is 10.5 Å². The molecule has 4 nitrogen and oxygen atoms in total. The monoisotopic (exact) mass is 276 g/mol. The Morgan fingerprint density at radius 2 is 1.90 bits per heavy atom. The molecular formula is C14H10F2N2O2. The van der Waals surface area contributed by atoms with Crippen molar-refractivity contribution in [1.29, 1.82) is 0 Å². The maximum Gasteiger partial charge on any atom is 0.231 e. The van der Waals surface area contributed by atoms with Gasteiger partial charge < -0.3 is 9.47 Å². The lowest BCUT2D eigenvalue weighted by Crippen LogP contribution is -1.94. The van der Waals surface area contributed by atoms with Crippen molar-refractivity contribution in [3.8, 4) is 11.5 Å². The molecule has 0 amide bonds. The maximum absolute atomic E-state index is 13.3. The summed E-state index contributed by atoms with van der Waals surface area (Å²) in [6.07, 6.45) is 1.50. The molecule has 0 unspecified atom stereocenters. The van der Waals surface area contributed by atoms with E-state index in [1.807, 2.05) is 0 Å². The predicted molar refractivity (Wildman–Crippen MR) is 70.1 cm³/mol. The van der Waals surface area contributed by atoms with E-state index in [4.69, 9.17) is 9.47 Å². The molecule has 0 radical (unpaired) electrons. The summed E-state index contributed by atoms with van der Waals surface area (Å²) in [7, 11) is 0. The predicted octanol–water partition coefficient (Wildman–Crippen LogP) is 3.14. The molecule has 2 aromatic rings. The van der Waals surface area contributed by atoms with E-state index in [-0.39, 0.29) is 12.5 Å². The van der Waals surface area contributed by atoms with Crippen LogP contribution in [0.5, 0.6) is 11.5 Å². The van der Waals surface area contributed by atoms with Crippen LogP contribution < -0.4 is 14.9 Å². The fourth-order valence-corrected chi connectivity index (χ4v) is 1.75. The first kappa shape index (κ1) is 12.4. The highest BCUT2D eigenvalue weighted by Gasteiger charge is 2.12. The number of fused-ring (bicyclic) bond motifs is 1. The molecule has 0 atom stereocenters. The molecule has 1 N–H and O–H groups in total. The van der Waals surface area contributed by atoms with Crippen molar-refractivity contribution in [2.75, 3.05) is 12.2 Å². The second-order valence-corrected chi connectivity index (χ2v) is 4.11. The van der Waals surface area contributed by atoms with Gasteiger partial charge in [-0.1, -0.05) is 0 Å². The summed E-state index contributed by atoms with van der Waals surface area (Å²) < 4.78 is 36.5. The summed E-state index contributed by atoms with van der Waals surface area (Å²) in [5, 5.41) is 3.89. The Morgan fingerprint density at radius 3 is 2.75 bits per heavy atom. The summed E-state index contributed by atoms with van der Waals surface area (Å²) in [6.45, 7) is 0.203. The number of nitrogens with one attached hydrogen (secondary N) is 1. The minimum atomic E-state index is -0.701. The molecule has 0 spiro atoms.